The van der Waals surface area contributed by atoms with Crippen LogP contribution in [-0.2, 0) is 32.7 Å². The molecule has 2 atom stereocenters. The van der Waals surface area contributed by atoms with E-state index in [1.807, 2.05) is 6.08 Å². The molecule has 0 aromatic heterocycles. The molecule has 0 spiro atoms. The van der Waals surface area contributed by atoms with Crippen molar-refractivity contribution >= 4 is 19.8 Å². The average Bonchev–Trinajstić information content (AvgIpc) is 3.06. The van der Waals surface area contributed by atoms with Crippen LogP contribution in [0.25, 0.3) is 0 Å². The van der Waals surface area contributed by atoms with Gasteiger partial charge in [0.25, 0.3) is 0 Å². The Labute approximate surface area is 285 Å². The molecule has 0 aromatic rings. The first kappa shape index (κ1) is 44.5. The maximum Gasteiger partial charge on any atom is 0.472 e. The van der Waals surface area contributed by atoms with Gasteiger partial charge >= 0.3 is 19.8 Å². The van der Waals surface area contributed by atoms with Gasteiger partial charge in [-0.1, -0.05) is 119 Å². The predicted molar refractivity (Wildman–Crippen MR) is 193 cm³/mol. The Bertz CT molecular complexity index is 996. The fourth-order valence-corrected chi connectivity index (χ4v) is 4.66. The molecule has 0 amide bonds. The molecule has 9 heteroatoms. The van der Waals surface area contributed by atoms with Crippen LogP contribution in [0.15, 0.2) is 72.9 Å². The van der Waals surface area contributed by atoms with E-state index in [0.717, 1.165) is 84.2 Å². The number of carbonyl (C=O) groups is 2. The zero-order valence-electron chi connectivity index (χ0n) is 29.4. The molecular formula is C38H63O8P. The van der Waals surface area contributed by atoms with Gasteiger partial charge in [-0.3, -0.25) is 18.6 Å². The van der Waals surface area contributed by atoms with Gasteiger partial charge in [-0.05, 0) is 70.6 Å². The van der Waals surface area contributed by atoms with E-state index in [9.17, 15) is 19.0 Å². The second-order valence-corrected chi connectivity index (χ2v) is 12.8. The highest BCUT2D eigenvalue weighted by Crippen LogP contribution is 2.42. The van der Waals surface area contributed by atoms with E-state index in [4.69, 9.17) is 14.0 Å². The Hall–Kier alpha value is -2.51. The summed E-state index contributed by atoms with van der Waals surface area (Å²) in [6.45, 7) is 3.64. The molecule has 0 aliphatic heterocycles. The molecule has 0 aliphatic rings. The van der Waals surface area contributed by atoms with Crippen LogP contribution in [0, 0.1) is 0 Å². The summed E-state index contributed by atoms with van der Waals surface area (Å²) in [7, 11) is -3.23. The van der Waals surface area contributed by atoms with Crippen molar-refractivity contribution in [3.63, 3.8) is 0 Å². The molecule has 0 aromatic carbocycles. The van der Waals surface area contributed by atoms with Crippen molar-refractivity contribution in [3.8, 4) is 0 Å². The Morgan fingerprint density at radius 2 is 1.11 bits per heavy atom. The van der Waals surface area contributed by atoms with Crippen molar-refractivity contribution < 1.29 is 37.6 Å². The number of hydrogen-bond donors (Lipinski definition) is 1. The highest BCUT2D eigenvalue weighted by molar-refractivity contribution is 7.47. The first-order valence-electron chi connectivity index (χ1n) is 17.6. The van der Waals surface area contributed by atoms with Gasteiger partial charge in [0.1, 0.15) is 6.61 Å². The van der Waals surface area contributed by atoms with Gasteiger partial charge in [0.2, 0.25) is 0 Å². The van der Waals surface area contributed by atoms with E-state index < -0.39 is 32.5 Å². The number of rotatable bonds is 31. The van der Waals surface area contributed by atoms with Crippen molar-refractivity contribution in [2.45, 2.75) is 136 Å². The number of hydrogen-bond acceptors (Lipinski definition) is 7. The number of allylic oxidation sites excluding steroid dienone is 12. The number of phosphoric acid groups is 1. The minimum atomic E-state index is -4.27. The third-order valence-corrected chi connectivity index (χ3v) is 7.87. The molecule has 8 nitrogen and oxygen atoms in total. The molecule has 0 aliphatic carbocycles. The monoisotopic (exact) mass is 678 g/mol. The van der Waals surface area contributed by atoms with Crippen LogP contribution in [0.4, 0.5) is 0 Å². The third kappa shape index (κ3) is 33.2. The predicted octanol–water partition coefficient (Wildman–Crippen LogP) is 10.6. The van der Waals surface area contributed by atoms with Gasteiger partial charge in [-0.25, -0.2) is 4.57 Å². The summed E-state index contributed by atoms with van der Waals surface area (Å²) in [6.07, 6.45) is 41.0. The lowest BCUT2D eigenvalue weighted by Gasteiger charge is -2.19. The summed E-state index contributed by atoms with van der Waals surface area (Å²) >= 11 is 0. The lowest BCUT2D eigenvalue weighted by molar-refractivity contribution is -0.161. The number of ether oxygens (including phenoxy) is 2. The molecular weight excluding hydrogens is 615 g/mol. The molecule has 0 fully saturated rings. The molecule has 0 radical (unpaired) electrons. The van der Waals surface area contributed by atoms with E-state index in [1.54, 1.807) is 0 Å². The third-order valence-electron chi connectivity index (χ3n) is 6.93. The van der Waals surface area contributed by atoms with Crippen LogP contribution < -0.4 is 0 Å². The largest absolute Gasteiger partial charge is 0.472 e. The second kappa shape index (κ2) is 33.4. The summed E-state index contributed by atoms with van der Waals surface area (Å²) in [6, 6.07) is 0. The zero-order chi connectivity index (χ0) is 34.7. The van der Waals surface area contributed by atoms with Crippen LogP contribution in [0.3, 0.4) is 0 Å². The minimum absolute atomic E-state index is 0.161. The highest BCUT2D eigenvalue weighted by atomic mass is 31.2. The van der Waals surface area contributed by atoms with Crippen LogP contribution in [0.2, 0.25) is 0 Å². The molecule has 0 rings (SSSR count). The van der Waals surface area contributed by atoms with Gasteiger partial charge in [0, 0.05) is 20.0 Å². The van der Waals surface area contributed by atoms with Crippen molar-refractivity contribution in [1.82, 2.24) is 0 Å². The SMILES string of the molecule is CC/C=C\C/C=C\C/C=C\C/C=C\C/C=C\CCCC(=O)OC(COC(=O)CCCCCCC/C=C\CCCC)COP(=O)(O)OC. The van der Waals surface area contributed by atoms with Crippen molar-refractivity contribution in [2.75, 3.05) is 20.3 Å². The lowest BCUT2D eigenvalue weighted by Crippen LogP contribution is -2.29. The lowest BCUT2D eigenvalue weighted by atomic mass is 10.1. The Kier molecular flexibility index (Phi) is 31.6. The van der Waals surface area contributed by atoms with Gasteiger partial charge in [-0.15, -0.1) is 0 Å². The highest BCUT2D eigenvalue weighted by Gasteiger charge is 2.24. The van der Waals surface area contributed by atoms with Crippen LogP contribution >= 0.6 is 7.82 Å². The zero-order valence-corrected chi connectivity index (χ0v) is 30.3. The van der Waals surface area contributed by atoms with Crippen LogP contribution in [0.1, 0.15) is 129 Å². The van der Waals surface area contributed by atoms with Gasteiger partial charge in [0.05, 0.1) is 6.61 Å². The van der Waals surface area contributed by atoms with E-state index in [-0.39, 0.29) is 19.4 Å². The summed E-state index contributed by atoms with van der Waals surface area (Å²) < 4.78 is 31.7. The molecule has 2 unspecified atom stereocenters. The van der Waals surface area contributed by atoms with E-state index in [2.05, 4.69) is 85.2 Å². The van der Waals surface area contributed by atoms with Gasteiger partial charge < -0.3 is 14.4 Å². The van der Waals surface area contributed by atoms with E-state index in [0.29, 0.717) is 12.8 Å². The molecule has 268 valence electrons. The summed E-state index contributed by atoms with van der Waals surface area (Å²) in [5.41, 5.74) is 0. The topological polar surface area (TPSA) is 108 Å². The number of phosphoric ester groups is 1. The van der Waals surface area contributed by atoms with Crippen molar-refractivity contribution in [1.29, 1.82) is 0 Å². The molecule has 1 N–H and O–H groups in total. The number of esters is 2. The molecule has 0 saturated heterocycles. The van der Waals surface area contributed by atoms with Crippen LogP contribution in [-0.4, -0.2) is 43.3 Å². The molecule has 0 saturated carbocycles. The first-order valence-corrected chi connectivity index (χ1v) is 19.1. The summed E-state index contributed by atoms with van der Waals surface area (Å²) in [5, 5.41) is 0. The maximum atomic E-state index is 12.4. The quantitative estimate of drug-likeness (QED) is 0.0334. The van der Waals surface area contributed by atoms with Crippen LogP contribution in [0.5, 0.6) is 0 Å². The molecule has 0 bridgehead atoms. The Morgan fingerprint density at radius 1 is 0.617 bits per heavy atom. The van der Waals surface area contributed by atoms with Crippen molar-refractivity contribution in [3.05, 3.63) is 72.9 Å². The number of unbranched alkanes of at least 4 members (excludes halogenated alkanes) is 8. The second-order valence-electron chi connectivity index (χ2n) is 11.3. The first-order chi connectivity index (χ1) is 22.8. The standard InChI is InChI=1S/C38H63O8P/c1-4-6-8-10-12-14-16-17-18-19-20-21-23-25-27-29-31-33-38(40)46-36(35-45-47(41,42)43-3)34-44-37(39)32-30-28-26-24-22-15-13-11-9-7-5-2/h6,8,11-14,17-18,20-21,25,27,36H,4-5,7,9-10,15-16,19,22-24,26,28-35H2,1-3H3,(H,41,42)/b8-6-,13-11-,14-12-,18-17-,21-20-,27-25-. The molecule has 0 heterocycles. The van der Waals surface area contributed by atoms with E-state index in [1.165, 1.54) is 12.8 Å². The maximum absolute atomic E-state index is 12.4. The molecule has 47 heavy (non-hydrogen) atoms. The normalized spacial score (nSPS) is 14.4. The Balaban J connectivity index is 4.24. The summed E-state index contributed by atoms with van der Waals surface area (Å²) in [4.78, 5) is 34.2. The van der Waals surface area contributed by atoms with Gasteiger partial charge in [-0.2, -0.15) is 0 Å². The minimum Gasteiger partial charge on any atom is -0.462 e. The van der Waals surface area contributed by atoms with Crippen molar-refractivity contribution in [2.24, 2.45) is 0 Å². The smallest absolute Gasteiger partial charge is 0.462 e. The Morgan fingerprint density at radius 3 is 1.70 bits per heavy atom. The fraction of sp³-hybridized carbons (Fsp3) is 0.632. The fourth-order valence-electron chi connectivity index (χ4n) is 4.20. The summed E-state index contributed by atoms with van der Waals surface area (Å²) in [5.74, 6) is -0.894. The van der Waals surface area contributed by atoms with E-state index >= 15 is 0 Å². The number of carbonyl (C=O) groups excluding carboxylic acids is 2. The van der Waals surface area contributed by atoms with Gasteiger partial charge in [0.15, 0.2) is 6.10 Å². The average molecular weight is 679 g/mol.